The van der Waals surface area contributed by atoms with Gasteiger partial charge >= 0.3 is 18.2 Å². The zero-order valence-corrected chi connectivity index (χ0v) is 14.9. The number of fused-ring (bicyclic) bond motifs is 1. The molecule has 1 heterocycles. The molecule has 2 aromatic carbocycles. The number of hydrogen-bond donors (Lipinski definition) is 1. The Morgan fingerprint density at radius 3 is 1.93 bits per heavy atom. The highest BCUT2D eigenvalue weighted by atomic mass is 19.4. The second-order valence-corrected chi connectivity index (χ2v) is 7.05. The molecule has 5 nitrogen and oxygen atoms in total. The van der Waals surface area contributed by atoms with Gasteiger partial charge in [-0.2, -0.15) is 13.2 Å². The normalized spacial score (nSPS) is 15.3. The van der Waals surface area contributed by atoms with E-state index in [1.807, 2.05) is 20.8 Å². The largest absolute Gasteiger partial charge is 0.492 e. The molecule has 1 aliphatic rings. The van der Waals surface area contributed by atoms with E-state index in [0.29, 0.717) is 0 Å². The van der Waals surface area contributed by atoms with E-state index in [-0.39, 0.29) is 22.7 Å². The molecule has 144 valence electrons. The molecule has 0 bridgehead atoms. The van der Waals surface area contributed by atoms with E-state index in [1.54, 1.807) is 17.4 Å². The average molecular weight is 381 g/mol. The lowest BCUT2D eigenvalue weighted by molar-refractivity contribution is -0.318. The maximum absolute atomic E-state index is 13.5. The Balaban J connectivity index is 1.75. The summed E-state index contributed by atoms with van der Waals surface area (Å²) < 4.78 is 55.3. The van der Waals surface area contributed by atoms with Crippen molar-refractivity contribution in [1.29, 1.82) is 0 Å². The van der Waals surface area contributed by atoms with E-state index in [1.165, 1.54) is 36.4 Å². The molecule has 2 aromatic rings. The number of hydrogen-bond acceptors (Lipinski definition) is 4. The molecule has 0 atom stereocenters. The van der Waals surface area contributed by atoms with Crippen molar-refractivity contribution in [3.8, 4) is 17.2 Å². The van der Waals surface area contributed by atoms with Gasteiger partial charge in [0.2, 0.25) is 0 Å². The molecule has 0 fully saturated rings. The maximum Gasteiger partial charge on any atom is 0.492 e. The van der Waals surface area contributed by atoms with Crippen molar-refractivity contribution in [3.05, 3.63) is 54.1 Å². The first-order valence-corrected chi connectivity index (χ1v) is 8.14. The quantitative estimate of drug-likeness (QED) is 0.815. The molecule has 1 aliphatic heterocycles. The number of para-hydroxylation sites is 2. The fraction of sp³-hybridized carbons (Fsp3) is 0.316. The van der Waals surface area contributed by atoms with Crippen LogP contribution in [0.5, 0.6) is 17.2 Å². The predicted molar refractivity (Wildman–Crippen MR) is 90.8 cm³/mol. The lowest BCUT2D eigenvalue weighted by atomic mass is 9.87. The van der Waals surface area contributed by atoms with Crippen LogP contribution in [0.25, 0.3) is 0 Å². The third kappa shape index (κ3) is 3.79. The van der Waals surface area contributed by atoms with Gasteiger partial charge in [0.05, 0.1) is 0 Å². The Labute approximate surface area is 154 Å². The minimum atomic E-state index is -5.04. The van der Waals surface area contributed by atoms with Crippen molar-refractivity contribution in [2.45, 2.75) is 38.3 Å². The van der Waals surface area contributed by atoms with E-state index in [9.17, 15) is 18.0 Å². The summed E-state index contributed by atoms with van der Waals surface area (Å²) in [6.07, 6.45) is -6.40. The zero-order valence-electron chi connectivity index (χ0n) is 14.9. The molecule has 0 radical (unpaired) electrons. The number of carbonyl (C=O) groups excluding carboxylic acids is 1. The highest BCUT2D eigenvalue weighted by molar-refractivity contribution is 5.71. The Morgan fingerprint density at radius 1 is 0.963 bits per heavy atom. The molecular weight excluding hydrogens is 363 g/mol. The van der Waals surface area contributed by atoms with Gasteiger partial charge in [-0.05, 0) is 35.2 Å². The van der Waals surface area contributed by atoms with Gasteiger partial charge in [-0.3, -0.25) is 0 Å². The van der Waals surface area contributed by atoms with Crippen molar-refractivity contribution in [3.63, 3.8) is 0 Å². The number of amides is 1. The number of nitrogens with one attached hydrogen (secondary N) is 1. The summed E-state index contributed by atoms with van der Waals surface area (Å²) in [4.78, 5) is 12.1. The monoisotopic (exact) mass is 381 g/mol. The molecule has 0 aromatic heterocycles. The van der Waals surface area contributed by atoms with Crippen molar-refractivity contribution < 1.29 is 32.2 Å². The molecule has 3 rings (SSSR count). The minimum Gasteiger partial charge on any atom is -0.424 e. The Morgan fingerprint density at radius 2 is 1.48 bits per heavy atom. The number of rotatable bonds is 2. The first-order chi connectivity index (χ1) is 12.5. The third-order valence-electron chi connectivity index (χ3n) is 3.93. The van der Waals surface area contributed by atoms with Crippen molar-refractivity contribution in [2.24, 2.45) is 0 Å². The summed E-state index contributed by atoms with van der Waals surface area (Å²) in [5.74, 6) is -3.53. The number of carbonyl (C=O) groups is 1. The summed E-state index contributed by atoms with van der Waals surface area (Å²) in [6, 6.07) is 12.1. The first kappa shape index (κ1) is 18.9. The summed E-state index contributed by atoms with van der Waals surface area (Å²) in [5.41, 5.74) is 0.873. The maximum atomic E-state index is 13.5. The molecule has 0 aliphatic carbocycles. The van der Waals surface area contributed by atoms with Crippen LogP contribution in [0.3, 0.4) is 0 Å². The standard InChI is InChI=1S/C19H18F3NO4/c1-17(2,3)12-8-10-13(11-9-12)25-16(24)23-19(18(20,21)22)26-14-6-4-5-7-15(14)27-19/h4-11H,1-3H3,(H,23,24). The molecule has 1 amide bonds. The van der Waals surface area contributed by atoms with Crippen LogP contribution in [0.2, 0.25) is 0 Å². The topological polar surface area (TPSA) is 56.8 Å². The fourth-order valence-electron chi connectivity index (χ4n) is 2.48. The summed E-state index contributed by atoms with van der Waals surface area (Å²) >= 11 is 0. The number of benzene rings is 2. The molecule has 8 heteroatoms. The van der Waals surface area contributed by atoms with E-state index in [4.69, 9.17) is 14.2 Å². The average Bonchev–Trinajstić information content (AvgIpc) is 2.93. The van der Waals surface area contributed by atoms with E-state index in [0.717, 1.165) is 5.56 Å². The molecule has 0 unspecified atom stereocenters. The van der Waals surface area contributed by atoms with Gasteiger partial charge in [0.25, 0.3) is 0 Å². The highest BCUT2D eigenvalue weighted by Crippen LogP contribution is 2.44. The van der Waals surface area contributed by atoms with Crippen molar-refractivity contribution in [1.82, 2.24) is 5.32 Å². The Hall–Kier alpha value is -2.90. The lowest BCUT2D eigenvalue weighted by Crippen LogP contribution is -2.65. The SMILES string of the molecule is CC(C)(C)c1ccc(OC(=O)NC2(C(F)(F)F)Oc3ccccc3O2)cc1. The van der Waals surface area contributed by atoms with E-state index >= 15 is 0 Å². The minimum absolute atomic E-state index is 0.0911. The van der Waals surface area contributed by atoms with Gasteiger partial charge in [-0.25, -0.2) is 10.1 Å². The molecule has 27 heavy (non-hydrogen) atoms. The molecular formula is C19H18F3NO4. The van der Waals surface area contributed by atoms with Crippen LogP contribution in [0.1, 0.15) is 26.3 Å². The van der Waals surface area contributed by atoms with Crippen LogP contribution in [0.4, 0.5) is 18.0 Å². The summed E-state index contributed by atoms with van der Waals surface area (Å²) in [6.45, 7) is 6.03. The van der Waals surface area contributed by atoms with Crippen molar-refractivity contribution >= 4 is 6.09 Å². The smallest absolute Gasteiger partial charge is 0.424 e. The van der Waals surface area contributed by atoms with Crippen LogP contribution < -0.4 is 19.5 Å². The number of alkyl halides is 3. The predicted octanol–water partition coefficient (Wildman–Crippen LogP) is 4.76. The van der Waals surface area contributed by atoms with Gasteiger partial charge in [0, 0.05) is 0 Å². The Bertz CT molecular complexity index is 816. The third-order valence-corrected chi connectivity index (χ3v) is 3.93. The van der Waals surface area contributed by atoms with Crippen LogP contribution >= 0.6 is 0 Å². The van der Waals surface area contributed by atoms with E-state index in [2.05, 4.69) is 0 Å². The number of halogens is 3. The van der Waals surface area contributed by atoms with E-state index < -0.39 is 18.2 Å². The molecule has 0 saturated heterocycles. The van der Waals surface area contributed by atoms with Crippen LogP contribution in [0.15, 0.2) is 48.5 Å². The lowest BCUT2D eigenvalue weighted by Gasteiger charge is -2.29. The summed E-state index contributed by atoms with van der Waals surface area (Å²) in [7, 11) is 0. The summed E-state index contributed by atoms with van der Waals surface area (Å²) in [5, 5.41) is 1.64. The van der Waals surface area contributed by atoms with Crippen molar-refractivity contribution in [2.75, 3.05) is 0 Å². The van der Waals surface area contributed by atoms with Gasteiger partial charge in [-0.15, -0.1) is 0 Å². The second kappa shape index (κ2) is 6.37. The van der Waals surface area contributed by atoms with Crippen LogP contribution in [0, 0.1) is 0 Å². The van der Waals surface area contributed by atoms with Gasteiger partial charge < -0.3 is 14.2 Å². The van der Waals surface area contributed by atoms with Gasteiger partial charge in [0.1, 0.15) is 5.75 Å². The zero-order chi connectivity index (χ0) is 19.9. The van der Waals surface area contributed by atoms with Gasteiger partial charge in [0.15, 0.2) is 11.5 Å². The highest BCUT2D eigenvalue weighted by Gasteiger charge is 2.66. The van der Waals surface area contributed by atoms with Gasteiger partial charge in [-0.1, -0.05) is 45.0 Å². The van der Waals surface area contributed by atoms with Crippen LogP contribution in [-0.4, -0.2) is 18.2 Å². The molecule has 1 N–H and O–H groups in total. The number of ether oxygens (including phenoxy) is 3. The second-order valence-electron chi connectivity index (χ2n) is 7.05. The molecule has 0 saturated carbocycles. The Kier molecular flexibility index (Phi) is 4.45. The molecule has 0 spiro atoms. The van der Waals surface area contributed by atoms with Crippen LogP contribution in [-0.2, 0) is 5.41 Å². The first-order valence-electron chi connectivity index (χ1n) is 8.14. The fourth-order valence-corrected chi connectivity index (χ4v) is 2.48.